The molecular formula is C19H22FN3O3. The molecule has 1 aromatic carbocycles. The van der Waals surface area contributed by atoms with Gasteiger partial charge in [0, 0.05) is 24.6 Å². The minimum absolute atomic E-state index is 0.0211. The quantitative estimate of drug-likeness (QED) is 0.745. The van der Waals surface area contributed by atoms with Gasteiger partial charge in [0.2, 0.25) is 5.91 Å². The summed E-state index contributed by atoms with van der Waals surface area (Å²) in [6.45, 7) is 9.07. The standard InChI is InChI=1S/C19H22FN3O3/c1-5-16(24)21-9-13-6-7-14(15(20)8-13)10-22-18(25)17-12(4)26-19(23-17)11(2)3/h5-8,11H,1,9-10H2,2-4H3,(H,21,24)(H,22,25). The van der Waals surface area contributed by atoms with E-state index in [-0.39, 0.29) is 30.6 Å². The number of hydrogen-bond acceptors (Lipinski definition) is 4. The number of aryl methyl sites for hydroxylation is 1. The maximum atomic E-state index is 14.2. The van der Waals surface area contributed by atoms with E-state index in [9.17, 15) is 14.0 Å². The Morgan fingerprint density at radius 2 is 2.04 bits per heavy atom. The van der Waals surface area contributed by atoms with Gasteiger partial charge in [-0.15, -0.1) is 0 Å². The molecule has 0 aliphatic rings. The Labute approximate surface area is 151 Å². The molecule has 1 heterocycles. The van der Waals surface area contributed by atoms with Crippen LogP contribution < -0.4 is 10.6 Å². The van der Waals surface area contributed by atoms with Gasteiger partial charge < -0.3 is 15.1 Å². The highest BCUT2D eigenvalue weighted by Crippen LogP contribution is 2.18. The monoisotopic (exact) mass is 359 g/mol. The lowest BCUT2D eigenvalue weighted by Gasteiger charge is -2.08. The van der Waals surface area contributed by atoms with Gasteiger partial charge in [0.15, 0.2) is 11.6 Å². The lowest BCUT2D eigenvalue weighted by molar-refractivity contribution is -0.116. The van der Waals surface area contributed by atoms with Crippen molar-refractivity contribution in [2.45, 2.75) is 39.8 Å². The number of carbonyl (C=O) groups is 2. The molecule has 2 N–H and O–H groups in total. The summed E-state index contributed by atoms with van der Waals surface area (Å²) in [6.07, 6.45) is 1.15. The van der Waals surface area contributed by atoms with Gasteiger partial charge >= 0.3 is 0 Å². The number of aromatic nitrogens is 1. The number of benzene rings is 1. The van der Waals surface area contributed by atoms with Crippen LogP contribution in [-0.2, 0) is 17.9 Å². The number of amides is 2. The van der Waals surface area contributed by atoms with Gasteiger partial charge in [-0.3, -0.25) is 9.59 Å². The van der Waals surface area contributed by atoms with E-state index in [0.717, 1.165) is 6.08 Å². The molecule has 0 aliphatic heterocycles. The van der Waals surface area contributed by atoms with Gasteiger partial charge in [-0.1, -0.05) is 32.6 Å². The third-order valence-electron chi connectivity index (χ3n) is 3.73. The lowest BCUT2D eigenvalue weighted by Crippen LogP contribution is -2.24. The molecule has 0 spiro atoms. The molecule has 0 radical (unpaired) electrons. The van der Waals surface area contributed by atoms with Gasteiger partial charge in [0.05, 0.1) is 0 Å². The molecule has 0 bridgehead atoms. The second kappa shape index (κ2) is 8.42. The summed E-state index contributed by atoms with van der Waals surface area (Å²) < 4.78 is 19.6. The largest absolute Gasteiger partial charge is 0.445 e. The maximum absolute atomic E-state index is 14.2. The summed E-state index contributed by atoms with van der Waals surface area (Å²) in [5, 5.41) is 5.22. The minimum Gasteiger partial charge on any atom is -0.445 e. The predicted molar refractivity (Wildman–Crippen MR) is 94.9 cm³/mol. The van der Waals surface area contributed by atoms with Crippen molar-refractivity contribution in [2.75, 3.05) is 0 Å². The Kier molecular flexibility index (Phi) is 6.27. The summed E-state index contributed by atoms with van der Waals surface area (Å²) in [6, 6.07) is 4.58. The molecule has 6 nitrogen and oxygen atoms in total. The van der Waals surface area contributed by atoms with E-state index in [1.54, 1.807) is 19.1 Å². The van der Waals surface area contributed by atoms with Crippen molar-refractivity contribution >= 4 is 11.8 Å². The highest BCUT2D eigenvalue weighted by molar-refractivity contribution is 5.93. The number of oxazole rings is 1. The van der Waals surface area contributed by atoms with Crippen molar-refractivity contribution < 1.29 is 18.4 Å². The summed E-state index contributed by atoms with van der Waals surface area (Å²) in [7, 11) is 0. The van der Waals surface area contributed by atoms with Crippen molar-refractivity contribution in [1.82, 2.24) is 15.6 Å². The number of nitrogens with zero attached hydrogens (tertiary/aromatic N) is 1. The second-order valence-corrected chi connectivity index (χ2v) is 6.14. The van der Waals surface area contributed by atoms with Crippen LogP contribution in [0.25, 0.3) is 0 Å². The Bertz CT molecular complexity index is 827. The minimum atomic E-state index is -0.463. The molecule has 0 saturated carbocycles. The normalized spacial score (nSPS) is 10.7. The zero-order valence-electron chi connectivity index (χ0n) is 15.1. The van der Waals surface area contributed by atoms with E-state index < -0.39 is 11.7 Å². The van der Waals surface area contributed by atoms with Crippen molar-refractivity contribution in [3.05, 3.63) is 65.1 Å². The first-order valence-electron chi connectivity index (χ1n) is 8.25. The molecule has 7 heteroatoms. The SMILES string of the molecule is C=CC(=O)NCc1ccc(CNC(=O)c2nc(C(C)C)oc2C)c(F)c1. The number of hydrogen-bond donors (Lipinski definition) is 2. The molecular weight excluding hydrogens is 337 g/mol. The predicted octanol–water partition coefficient (Wildman–Crippen LogP) is 2.98. The van der Waals surface area contributed by atoms with Crippen molar-refractivity contribution in [1.29, 1.82) is 0 Å². The van der Waals surface area contributed by atoms with Gasteiger partial charge in [-0.05, 0) is 24.6 Å². The van der Waals surface area contributed by atoms with Gasteiger partial charge in [-0.25, -0.2) is 9.37 Å². The topological polar surface area (TPSA) is 84.2 Å². The van der Waals surface area contributed by atoms with E-state index in [4.69, 9.17) is 4.42 Å². The third kappa shape index (κ3) is 4.78. The van der Waals surface area contributed by atoms with Gasteiger partial charge in [-0.2, -0.15) is 0 Å². The summed E-state index contributed by atoms with van der Waals surface area (Å²) in [5.74, 6) is -0.215. The van der Waals surface area contributed by atoms with Crippen LogP contribution in [0.5, 0.6) is 0 Å². The molecule has 2 aromatic rings. The molecule has 138 valence electrons. The smallest absolute Gasteiger partial charge is 0.273 e. The van der Waals surface area contributed by atoms with E-state index >= 15 is 0 Å². The van der Waals surface area contributed by atoms with Gasteiger partial charge in [0.25, 0.3) is 5.91 Å². The number of halogens is 1. The number of carbonyl (C=O) groups excluding carboxylic acids is 2. The van der Waals surface area contributed by atoms with E-state index in [1.165, 1.54) is 6.07 Å². The first kappa shape index (κ1) is 19.4. The molecule has 2 rings (SSSR count). The van der Waals surface area contributed by atoms with Crippen molar-refractivity contribution in [3.63, 3.8) is 0 Å². The second-order valence-electron chi connectivity index (χ2n) is 6.14. The van der Waals surface area contributed by atoms with Crippen LogP contribution in [0.2, 0.25) is 0 Å². The van der Waals surface area contributed by atoms with Crippen molar-refractivity contribution in [2.24, 2.45) is 0 Å². The maximum Gasteiger partial charge on any atom is 0.273 e. The van der Waals surface area contributed by atoms with Gasteiger partial charge in [0.1, 0.15) is 11.6 Å². The fraction of sp³-hybridized carbons (Fsp3) is 0.316. The average molecular weight is 359 g/mol. The molecule has 2 amide bonds. The zero-order chi connectivity index (χ0) is 19.3. The van der Waals surface area contributed by atoms with Crippen LogP contribution in [0.15, 0.2) is 35.3 Å². The van der Waals surface area contributed by atoms with Crippen LogP contribution in [-0.4, -0.2) is 16.8 Å². The molecule has 0 aliphatic carbocycles. The molecule has 0 atom stereocenters. The Balaban J connectivity index is 1.99. The number of nitrogens with one attached hydrogen (secondary N) is 2. The Morgan fingerprint density at radius 1 is 1.31 bits per heavy atom. The first-order chi connectivity index (χ1) is 12.3. The Hall–Kier alpha value is -2.96. The first-order valence-corrected chi connectivity index (χ1v) is 8.25. The van der Waals surface area contributed by atoms with E-state index in [1.807, 2.05) is 13.8 Å². The average Bonchev–Trinajstić information content (AvgIpc) is 3.00. The van der Waals surface area contributed by atoms with Crippen LogP contribution in [0.3, 0.4) is 0 Å². The summed E-state index contributed by atoms with van der Waals surface area (Å²) in [4.78, 5) is 27.6. The van der Waals surface area contributed by atoms with E-state index in [2.05, 4.69) is 22.2 Å². The summed E-state index contributed by atoms with van der Waals surface area (Å²) >= 11 is 0. The van der Waals surface area contributed by atoms with Crippen LogP contribution in [0.4, 0.5) is 4.39 Å². The van der Waals surface area contributed by atoms with E-state index in [0.29, 0.717) is 22.8 Å². The highest BCUT2D eigenvalue weighted by Gasteiger charge is 2.18. The lowest BCUT2D eigenvalue weighted by atomic mass is 10.1. The molecule has 1 aromatic heterocycles. The van der Waals surface area contributed by atoms with Crippen LogP contribution in [0.1, 0.15) is 53.0 Å². The molecule has 26 heavy (non-hydrogen) atoms. The summed E-state index contributed by atoms with van der Waals surface area (Å²) in [5.41, 5.74) is 1.15. The molecule has 0 unspecified atom stereocenters. The van der Waals surface area contributed by atoms with Crippen molar-refractivity contribution in [3.8, 4) is 0 Å². The highest BCUT2D eigenvalue weighted by atomic mass is 19.1. The zero-order valence-corrected chi connectivity index (χ0v) is 15.1. The fourth-order valence-corrected chi connectivity index (χ4v) is 2.24. The fourth-order valence-electron chi connectivity index (χ4n) is 2.24. The van der Waals surface area contributed by atoms with Crippen LogP contribution >= 0.6 is 0 Å². The molecule has 0 fully saturated rings. The van der Waals surface area contributed by atoms with Crippen LogP contribution in [0, 0.1) is 12.7 Å². The molecule has 0 saturated heterocycles. The Morgan fingerprint density at radius 3 is 2.62 bits per heavy atom. The number of rotatable bonds is 7. The third-order valence-corrected chi connectivity index (χ3v) is 3.73.